The van der Waals surface area contributed by atoms with Crippen LogP contribution in [0.2, 0.25) is 10.0 Å². The number of fused-ring (bicyclic) bond motifs is 1. The van der Waals surface area contributed by atoms with E-state index in [9.17, 15) is 9.59 Å². The lowest BCUT2D eigenvalue weighted by atomic mass is 10.0. The number of carbonyl (C=O) groups excluding carboxylic acids is 1. The van der Waals surface area contributed by atoms with E-state index in [1.807, 2.05) is 0 Å². The highest BCUT2D eigenvalue weighted by Gasteiger charge is 2.20. The van der Waals surface area contributed by atoms with Crippen LogP contribution in [0.1, 0.15) is 12.5 Å². The molecule has 1 amide bonds. The van der Waals surface area contributed by atoms with Gasteiger partial charge in [-0.05, 0) is 17.7 Å². The van der Waals surface area contributed by atoms with Gasteiger partial charge in [0.2, 0.25) is 5.91 Å². The second kappa shape index (κ2) is 5.73. The predicted molar refractivity (Wildman–Crippen MR) is 77.3 cm³/mol. The number of halogens is 2. The third-order valence-corrected chi connectivity index (χ3v) is 3.63. The van der Waals surface area contributed by atoms with Crippen molar-refractivity contribution in [2.75, 3.05) is 0 Å². The molecule has 5 nitrogen and oxygen atoms in total. The van der Waals surface area contributed by atoms with Crippen LogP contribution in [0.15, 0.2) is 18.3 Å². The number of amides is 1. The van der Waals surface area contributed by atoms with Gasteiger partial charge in [0.15, 0.2) is 0 Å². The van der Waals surface area contributed by atoms with Gasteiger partial charge in [-0.15, -0.1) is 0 Å². The Morgan fingerprint density at radius 1 is 1.35 bits per heavy atom. The van der Waals surface area contributed by atoms with E-state index in [-0.39, 0.29) is 6.42 Å². The Balaban J connectivity index is 2.35. The van der Waals surface area contributed by atoms with Gasteiger partial charge in [0.25, 0.3) is 0 Å². The number of carboxylic acid groups (broad SMARTS) is 1. The van der Waals surface area contributed by atoms with Crippen LogP contribution >= 0.6 is 23.2 Å². The van der Waals surface area contributed by atoms with Crippen LogP contribution in [0.4, 0.5) is 0 Å². The third-order valence-electron chi connectivity index (χ3n) is 2.91. The van der Waals surface area contributed by atoms with Crippen LogP contribution in [0.3, 0.4) is 0 Å². The molecule has 0 aliphatic heterocycles. The Morgan fingerprint density at radius 3 is 2.60 bits per heavy atom. The Hall–Kier alpha value is -1.72. The van der Waals surface area contributed by atoms with Crippen LogP contribution in [-0.4, -0.2) is 28.0 Å². The minimum atomic E-state index is -1.09. The first-order chi connectivity index (χ1) is 9.38. The number of hydrogen-bond acceptors (Lipinski definition) is 2. The lowest BCUT2D eigenvalue weighted by Gasteiger charge is -2.12. The van der Waals surface area contributed by atoms with Gasteiger partial charge in [0.05, 0.1) is 10.0 Å². The number of rotatable bonds is 4. The second-order valence-corrected chi connectivity index (χ2v) is 5.24. The van der Waals surface area contributed by atoms with Crippen molar-refractivity contribution >= 4 is 46.0 Å². The van der Waals surface area contributed by atoms with Crippen molar-refractivity contribution in [3.05, 3.63) is 33.9 Å². The van der Waals surface area contributed by atoms with Crippen LogP contribution in [0.25, 0.3) is 10.9 Å². The molecular weight excluding hydrogens is 303 g/mol. The van der Waals surface area contributed by atoms with Gasteiger partial charge in [-0.3, -0.25) is 4.79 Å². The Morgan fingerprint density at radius 2 is 2.00 bits per heavy atom. The molecule has 1 unspecified atom stereocenters. The van der Waals surface area contributed by atoms with E-state index in [1.54, 1.807) is 18.3 Å². The lowest BCUT2D eigenvalue weighted by Crippen LogP contribution is -2.41. The van der Waals surface area contributed by atoms with Gasteiger partial charge in [0.1, 0.15) is 6.04 Å². The maximum Gasteiger partial charge on any atom is 0.326 e. The van der Waals surface area contributed by atoms with E-state index >= 15 is 0 Å². The van der Waals surface area contributed by atoms with E-state index in [0.29, 0.717) is 10.0 Å². The molecule has 0 saturated heterocycles. The molecule has 1 heterocycles. The molecule has 7 heteroatoms. The van der Waals surface area contributed by atoms with Crippen LogP contribution in [0.5, 0.6) is 0 Å². The average molecular weight is 315 g/mol. The fourth-order valence-electron chi connectivity index (χ4n) is 2.01. The van der Waals surface area contributed by atoms with Crippen LogP contribution in [-0.2, 0) is 16.0 Å². The average Bonchev–Trinajstić information content (AvgIpc) is 2.71. The summed E-state index contributed by atoms with van der Waals surface area (Å²) >= 11 is 11.9. The normalized spacial score (nSPS) is 12.3. The monoisotopic (exact) mass is 314 g/mol. The number of aromatic nitrogens is 1. The molecule has 2 rings (SSSR count). The maximum atomic E-state index is 11.1. The standard InChI is InChI=1S/C13H12Cl2N2O3/c1-6(18)17-12(13(19)20)2-7-5-16-11-4-10(15)9(14)3-8(7)11/h3-5,12,16H,2H2,1H3,(H,17,18)(H,19,20). The largest absolute Gasteiger partial charge is 0.480 e. The molecule has 1 atom stereocenters. The van der Waals surface area contributed by atoms with Crippen molar-refractivity contribution in [2.45, 2.75) is 19.4 Å². The first-order valence-corrected chi connectivity index (χ1v) is 6.59. The van der Waals surface area contributed by atoms with E-state index in [2.05, 4.69) is 10.3 Å². The van der Waals surface area contributed by atoms with Crippen molar-refractivity contribution in [1.29, 1.82) is 0 Å². The lowest BCUT2D eigenvalue weighted by molar-refractivity contribution is -0.141. The second-order valence-electron chi connectivity index (χ2n) is 4.42. The summed E-state index contributed by atoms with van der Waals surface area (Å²) in [5.41, 5.74) is 1.51. The van der Waals surface area contributed by atoms with Gasteiger partial charge < -0.3 is 15.4 Å². The molecule has 1 aromatic carbocycles. The molecule has 3 N–H and O–H groups in total. The summed E-state index contributed by atoms with van der Waals surface area (Å²) in [5.74, 6) is -1.48. The number of aliphatic carboxylic acids is 1. The van der Waals surface area contributed by atoms with Gasteiger partial charge in [-0.2, -0.15) is 0 Å². The summed E-state index contributed by atoms with van der Waals surface area (Å²) in [7, 11) is 0. The topological polar surface area (TPSA) is 82.2 Å². The number of carboxylic acids is 1. The zero-order valence-corrected chi connectivity index (χ0v) is 12.0. The molecule has 106 valence electrons. The third kappa shape index (κ3) is 3.05. The number of carbonyl (C=O) groups is 2. The van der Waals surface area contributed by atoms with Gasteiger partial charge >= 0.3 is 5.97 Å². The SMILES string of the molecule is CC(=O)NC(Cc1c[nH]c2cc(Cl)c(Cl)cc12)C(=O)O. The molecule has 0 radical (unpaired) electrons. The molecule has 0 fully saturated rings. The van der Waals surface area contributed by atoms with Crippen LogP contribution < -0.4 is 5.32 Å². The Kier molecular flexibility index (Phi) is 4.20. The smallest absolute Gasteiger partial charge is 0.326 e. The summed E-state index contributed by atoms with van der Waals surface area (Å²) in [6, 6.07) is 2.37. The maximum absolute atomic E-state index is 11.1. The minimum Gasteiger partial charge on any atom is -0.480 e. The Bertz CT molecular complexity index is 682. The first-order valence-electron chi connectivity index (χ1n) is 5.83. The highest BCUT2D eigenvalue weighted by molar-refractivity contribution is 6.42. The number of H-pyrrole nitrogens is 1. The fourth-order valence-corrected chi connectivity index (χ4v) is 2.34. The molecule has 0 aliphatic rings. The Labute approximate surface area is 124 Å². The molecule has 1 aromatic heterocycles. The number of aromatic amines is 1. The summed E-state index contributed by atoms with van der Waals surface area (Å²) < 4.78 is 0. The first kappa shape index (κ1) is 14.7. The van der Waals surface area contributed by atoms with Crippen molar-refractivity contribution in [3.63, 3.8) is 0 Å². The van der Waals surface area contributed by atoms with Gasteiger partial charge in [0, 0.05) is 30.4 Å². The molecule has 2 aromatic rings. The van der Waals surface area contributed by atoms with Gasteiger partial charge in [-0.25, -0.2) is 4.79 Å². The predicted octanol–water partition coefficient (Wildman–Crippen LogP) is 2.61. The number of hydrogen-bond donors (Lipinski definition) is 3. The summed E-state index contributed by atoms with van der Waals surface area (Å²) in [5, 5.41) is 13.1. The summed E-state index contributed by atoms with van der Waals surface area (Å²) in [6.45, 7) is 1.28. The number of benzene rings is 1. The molecule has 0 aliphatic carbocycles. The van der Waals surface area contributed by atoms with E-state index in [0.717, 1.165) is 16.5 Å². The van der Waals surface area contributed by atoms with E-state index < -0.39 is 17.9 Å². The van der Waals surface area contributed by atoms with Crippen molar-refractivity contribution in [3.8, 4) is 0 Å². The zero-order valence-electron chi connectivity index (χ0n) is 10.5. The quantitative estimate of drug-likeness (QED) is 0.811. The highest BCUT2D eigenvalue weighted by atomic mass is 35.5. The molecule has 20 heavy (non-hydrogen) atoms. The molecule has 0 spiro atoms. The van der Waals surface area contributed by atoms with E-state index in [4.69, 9.17) is 28.3 Å². The van der Waals surface area contributed by atoms with Crippen LogP contribution in [0, 0.1) is 0 Å². The molecule has 0 saturated carbocycles. The van der Waals surface area contributed by atoms with Crippen molar-refractivity contribution < 1.29 is 14.7 Å². The van der Waals surface area contributed by atoms with E-state index in [1.165, 1.54) is 6.92 Å². The van der Waals surface area contributed by atoms with Crippen molar-refractivity contribution in [2.24, 2.45) is 0 Å². The molecular formula is C13H12Cl2N2O3. The number of nitrogens with one attached hydrogen (secondary N) is 2. The highest BCUT2D eigenvalue weighted by Crippen LogP contribution is 2.29. The van der Waals surface area contributed by atoms with Crippen molar-refractivity contribution in [1.82, 2.24) is 10.3 Å². The minimum absolute atomic E-state index is 0.160. The zero-order chi connectivity index (χ0) is 14.9. The summed E-state index contributed by atoms with van der Waals surface area (Å²) in [4.78, 5) is 25.2. The molecule has 0 bridgehead atoms. The summed E-state index contributed by atoms with van der Waals surface area (Å²) in [6.07, 6.45) is 1.85. The fraction of sp³-hybridized carbons (Fsp3) is 0.231. The van der Waals surface area contributed by atoms with Gasteiger partial charge in [-0.1, -0.05) is 23.2 Å².